The predicted molar refractivity (Wildman–Crippen MR) is 168 cm³/mol. The third-order valence-electron chi connectivity index (χ3n) is 8.28. The minimum atomic E-state index is -1.34. The summed E-state index contributed by atoms with van der Waals surface area (Å²) in [5.74, 6) is -4.02. The third-order valence-corrected chi connectivity index (χ3v) is 8.28. The SMILES string of the molecule is CCCC(=O)Nc1cccc(C2CCN(CCCNC(=O)N3C(=O)N=C(COC)C(C(=O)OC)[C@@H]3c3ccc(F)c(F)c3)CC2)c1. The van der Waals surface area contributed by atoms with E-state index in [1.807, 2.05) is 25.1 Å². The largest absolute Gasteiger partial charge is 0.468 e. The summed E-state index contributed by atoms with van der Waals surface area (Å²) in [6, 6.07) is 7.81. The molecular formula is C33H41F2N5O6. The molecule has 2 heterocycles. The number of urea groups is 2. The highest BCUT2D eigenvalue weighted by atomic mass is 19.2. The Balaban J connectivity index is 1.35. The van der Waals surface area contributed by atoms with Gasteiger partial charge in [0.25, 0.3) is 0 Å². The van der Waals surface area contributed by atoms with E-state index in [1.54, 1.807) is 0 Å². The number of anilines is 1. The molecule has 2 aromatic rings. The van der Waals surface area contributed by atoms with E-state index >= 15 is 0 Å². The first-order valence-corrected chi connectivity index (χ1v) is 15.5. The van der Waals surface area contributed by atoms with Crippen LogP contribution in [0.5, 0.6) is 0 Å². The number of nitrogens with one attached hydrogen (secondary N) is 2. The summed E-state index contributed by atoms with van der Waals surface area (Å²) in [5.41, 5.74) is 2.05. The number of ether oxygens (including phenoxy) is 2. The molecule has 0 aliphatic carbocycles. The number of rotatable bonds is 12. The standard InChI is InChI=1S/C33H41F2N5O6/c1-4-7-28(41)37-24-9-5-8-22(18-24)21-12-16-39(17-13-21)15-6-14-36-32(43)40-30(23-10-11-25(34)26(35)19-23)29(31(42)46-3)27(20-45-2)38-33(40)44/h5,8-11,18-19,21,29-30H,4,6-7,12-17,20H2,1-3H3,(H,36,43)(H,37,41)/t29?,30-/m0/s1. The molecule has 0 spiro atoms. The Morgan fingerprint density at radius 1 is 1.02 bits per heavy atom. The van der Waals surface area contributed by atoms with E-state index in [0.29, 0.717) is 25.3 Å². The number of methoxy groups -OCH3 is 2. The molecule has 11 nitrogen and oxygen atoms in total. The maximum Gasteiger partial charge on any atom is 0.352 e. The first kappa shape index (κ1) is 34.6. The molecular weight excluding hydrogens is 600 g/mol. The molecule has 1 saturated heterocycles. The number of benzene rings is 2. The number of esters is 1. The van der Waals surface area contributed by atoms with Gasteiger partial charge in [-0.3, -0.25) is 9.59 Å². The Morgan fingerprint density at radius 2 is 1.78 bits per heavy atom. The van der Waals surface area contributed by atoms with Crippen LogP contribution in [0.15, 0.2) is 47.5 Å². The van der Waals surface area contributed by atoms with Crippen molar-refractivity contribution in [3.63, 3.8) is 0 Å². The van der Waals surface area contributed by atoms with Gasteiger partial charge in [-0.25, -0.2) is 23.3 Å². The van der Waals surface area contributed by atoms with Crippen LogP contribution < -0.4 is 10.6 Å². The van der Waals surface area contributed by atoms with Gasteiger partial charge in [0.15, 0.2) is 11.6 Å². The van der Waals surface area contributed by atoms with Crippen LogP contribution in [0.3, 0.4) is 0 Å². The average Bonchev–Trinajstić information content (AvgIpc) is 3.04. The first-order chi connectivity index (χ1) is 22.2. The Hall–Kier alpha value is -4.23. The van der Waals surface area contributed by atoms with Crippen LogP contribution in [-0.2, 0) is 19.1 Å². The number of hydrogen-bond donors (Lipinski definition) is 2. The van der Waals surface area contributed by atoms with Crippen LogP contribution >= 0.6 is 0 Å². The molecule has 46 heavy (non-hydrogen) atoms. The molecule has 1 unspecified atom stereocenters. The van der Waals surface area contributed by atoms with Crippen molar-refractivity contribution in [1.82, 2.24) is 15.1 Å². The fourth-order valence-corrected chi connectivity index (χ4v) is 6.00. The minimum absolute atomic E-state index is 0.00880. The highest BCUT2D eigenvalue weighted by Gasteiger charge is 2.47. The lowest BCUT2D eigenvalue weighted by Crippen LogP contribution is -2.54. The lowest BCUT2D eigenvalue weighted by molar-refractivity contribution is -0.144. The maximum atomic E-state index is 14.3. The van der Waals surface area contributed by atoms with E-state index in [9.17, 15) is 28.0 Å². The number of halogens is 2. The lowest BCUT2D eigenvalue weighted by atomic mass is 9.86. The van der Waals surface area contributed by atoms with Crippen LogP contribution in [0.25, 0.3) is 0 Å². The topological polar surface area (TPSA) is 130 Å². The molecule has 2 atom stereocenters. The Kier molecular flexibility index (Phi) is 12.3. The molecule has 4 rings (SSSR count). The molecule has 0 bridgehead atoms. The van der Waals surface area contributed by atoms with Gasteiger partial charge in [-0.1, -0.05) is 25.1 Å². The van der Waals surface area contributed by atoms with Gasteiger partial charge >= 0.3 is 18.0 Å². The quantitative estimate of drug-likeness (QED) is 0.246. The number of piperidine rings is 1. The second-order valence-electron chi connectivity index (χ2n) is 11.4. The number of carbonyl (C=O) groups excluding carboxylic acids is 4. The van der Waals surface area contributed by atoms with E-state index in [0.717, 1.165) is 62.2 Å². The molecule has 1 fully saturated rings. The number of hydrogen-bond acceptors (Lipinski definition) is 7. The lowest BCUT2D eigenvalue weighted by Gasteiger charge is -2.37. The average molecular weight is 642 g/mol. The van der Waals surface area contributed by atoms with Crippen molar-refractivity contribution in [2.45, 2.75) is 51.0 Å². The third kappa shape index (κ3) is 8.52. The van der Waals surface area contributed by atoms with Crippen LogP contribution in [-0.4, -0.2) is 86.5 Å². The predicted octanol–water partition coefficient (Wildman–Crippen LogP) is 5.04. The Morgan fingerprint density at radius 3 is 2.46 bits per heavy atom. The number of imide groups is 1. The molecule has 0 aromatic heterocycles. The van der Waals surface area contributed by atoms with Crippen LogP contribution in [0.2, 0.25) is 0 Å². The van der Waals surface area contributed by atoms with Crippen molar-refractivity contribution < 1.29 is 37.4 Å². The summed E-state index contributed by atoms with van der Waals surface area (Å²) in [4.78, 5) is 58.3. The van der Waals surface area contributed by atoms with Gasteiger partial charge in [0, 0.05) is 25.8 Å². The van der Waals surface area contributed by atoms with Crippen LogP contribution in [0, 0.1) is 17.6 Å². The fourth-order valence-electron chi connectivity index (χ4n) is 6.00. The molecule has 0 saturated carbocycles. The second-order valence-corrected chi connectivity index (χ2v) is 11.4. The Bertz CT molecular complexity index is 1450. The van der Waals surface area contributed by atoms with Crippen molar-refractivity contribution in [2.24, 2.45) is 10.9 Å². The van der Waals surface area contributed by atoms with Crippen LogP contribution in [0.1, 0.15) is 62.1 Å². The summed E-state index contributed by atoms with van der Waals surface area (Å²) < 4.78 is 38.1. The molecule has 248 valence electrons. The summed E-state index contributed by atoms with van der Waals surface area (Å²) >= 11 is 0. The maximum absolute atomic E-state index is 14.3. The van der Waals surface area contributed by atoms with Crippen molar-refractivity contribution in [3.8, 4) is 0 Å². The van der Waals surface area contributed by atoms with Gasteiger partial charge in [0.2, 0.25) is 5.91 Å². The normalized spacial score (nSPS) is 19.0. The second kappa shape index (κ2) is 16.4. The fraction of sp³-hybridized carbons (Fsp3) is 0.485. The van der Waals surface area contributed by atoms with E-state index in [4.69, 9.17) is 9.47 Å². The molecule has 5 amide bonds. The monoisotopic (exact) mass is 641 g/mol. The minimum Gasteiger partial charge on any atom is -0.468 e. The molecule has 2 N–H and O–H groups in total. The number of nitrogens with zero attached hydrogens (tertiary/aromatic N) is 3. The van der Waals surface area contributed by atoms with E-state index < -0.39 is 41.6 Å². The van der Waals surface area contributed by atoms with Gasteiger partial charge in [-0.05, 0) is 86.6 Å². The zero-order chi connectivity index (χ0) is 33.2. The van der Waals surface area contributed by atoms with Crippen molar-refractivity contribution >= 4 is 35.3 Å². The van der Waals surface area contributed by atoms with Gasteiger partial charge < -0.3 is 25.0 Å². The number of carbonyl (C=O) groups is 4. The number of amides is 5. The van der Waals surface area contributed by atoms with Crippen LogP contribution in [0.4, 0.5) is 24.1 Å². The number of likely N-dealkylation sites (tertiary alicyclic amines) is 1. The summed E-state index contributed by atoms with van der Waals surface area (Å²) in [7, 11) is 2.49. The van der Waals surface area contributed by atoms with Crippen molar-refractivity contribution in [1.29, 1.82) is 0 Å². The van der Waals surface area contributed by atoms with Gasteiger partial charge in [0.05, 0.1) is 25.5 Å². The van der Waals surface area contributed by atoms with Gasteiger partial charge in [-0.2, -0.15) is 4.99 Å². The van der Waals surface area contributed by atoms with Crippen molar-refractivity contribution in [2.75, 3.05) is 52.3 Å². The summed E-state index contributed by atoms with van der Waals surface area (Å²) in [6.07, 6.45) is 3.78. The smallest absolute Gasteiger partial charge is 0.352 e. The Labute approximate surface area is 267 Å². The van der Waals surface area contributed by atoms with Gasteiger partial charge in [0.1, 0.15) is 5.92 Å². The summed E-state index contributed by atoms with van der Waals surface area (Å²) in [5, 5.41) is 5.68. The van der Waals surface area contributed by atoms with E-state index in [2.05, 4.69) is 26.6 Å². The summed E-state index contributed by atoms with van der Waals surface area (Å²) in [6.45, 7) is 4.43. The van der Waals surface area contributed by atoms with Crippen molar-refractivity contribution in [3.05, 3.63) is 65.2 Å². The van der Waals surface area contributed by atoms with Gasteiger partial charge in [-0.15, -0.1) is 0 Å². The molecule has 2 aliphatic heterocycles. The molecule has 2 aliphatic rings. The highest BCUT2D eigenvalue weighted by molar-refractivity contribution is 6.12. The molecule has 2 aromatic carbocycles. The zero-order valence-electron chi connectivity index (χ0n) is 26.4. The zero-order valence-corrected chi connectivity index (χ0v) is 26.4. The van der Waals surface area contributed by atoms with E-state index in [-0.39, 0.29) is 30.3 Å². The molecule has 13 heteroatoms. The first-order valence-electron chi connectivity index (χ1n) is 15.5. The highest BCUT2D eigenvalue weighted by Crippen LogP contribution is 2.36. The number of aliphatic imine (C=N–C) groups is 1. The van der Waals surface area contributed by atoms with E-state index in [1.165, 1.54) is 18.7 Å². The molecule has 0 radical (unpaired) electrons.